The molecular formula is C9H7N3O. The third kappa shape index (κ3) is 0.853. The second-order valence-corrected chi connectivity index (χ2v) is 2.89. The Morgan fingerprint density at radius 3 is 3.38 bits per heavy atom. The number of hydrogen-bond donors (Lipinski definition) is 1. The van der Waals surface area contributed by atoms with Gasteiger partial charge < -0.3 is 9.72 Å². The quantitative estimate of drug-likeness (QED) is 0.645. The van der Waals surface area contributed by atoms with Gasteiger partial charge in [0.1, 0.15) is 6.26 Å². The van der Waals surface area contributed by atoms with Gasteiger partial charge in [-0.05, 0) is 12.2 Å². The number of nitrogens with zero attached hydrogens (tertiary/aromatic N) is 2. The molecule has 1 aromatic heterocycles. The van der Waals surface area contributed by atoms with Gasteiger partial charge in [-0.2, -0.15) is 0 Å². The van der Waals surface area contributed by atoms with Crippen LogP contribution < -0.4 is 0 Å². The van der Waals surface area contributed by atoms with E-state index < -0.39 is 0 Å². The van der Waals surface area contributed by atoms with Crippen molar-refractivity contribution in [1.29, 1.82) is 0 Å². The summed E-state index contributed by atoms with van der Waals surface area (Å²) in [6, 6.07) is 0. The zero-order valence-electron chi connectivity index (χ0n) is 6.77. The molecule has 1 aromatic rings. The van der Waals surface area contributed by atoms with E-state index in [1.165, 1.54) is 0 Å². The lowest BCUT2D eigenvalue weighted by Crippen LogP contribution is -2.18. The number of imidazole rings is 1. The van der Waals surface area contributed by atoms with E-state index in [1.807, 2.05) is 12.2 Å². The van der Waals surface area contributed by atoms with Crippen molar-refractivity contribution in [2.75, 3.05) is 0 Å². The summed E-state index contributed by atoms with van der Waals surface area (Å²) in [7, 11) is 0. The molecule has 0 fully saturated rings. The van der Waals surface area contributed by atoms with E-state index in [1.54, 1.807) is 18.8 Å². The normalized spacial score (nSPS) is 23.1. The smallest absolute Gasteiger partial charge is 0.181 e. The largest absolute Gasteiger partial charge is 0.484 e. The summed E-state index contributed by atoms with van der Waals surface area (Å²) in [5.41, 5.74) is 2.82. The SMILES string of the molecule is C1=COC2C(=N1)C=Cc1nc[nH]c12. The van der Waals surface area contributed by atoms with Crippen LogP contribution >= 0.6 is 0 Å². The maximum atomic E-state index is 5.43. The molecule has 0 amide bonds. The molecule has 4 heteroatoms. The molecule has 0 saturated carbocycles. The van der Waals surface area contributed by atoms with Crippen molar-refractivity contribution in [3.8, 4) is 0 Å². The van der Waals surface area contributed by atoms with Crippen LogP contribution in [0.2, 0.25) is 0 Å². The van der Waals surface area contributed by atoms with Crippen molar-refractivity contribution in [3.63, 3.8) is 0 Å². The van der Waals surface area contributed by atoms with Crippen LogP contribution in [0.3, 0.4) is 0 Å². The lowest BCUT2D eigenvalue weighted by atomic mass is 10.0. The summed E-state index contributed by atoms with van der Waals surface area (Å²) in [5.74, 6) is 0. The van der Waals surface area contributed by atoms with Gasteiger partial charge >= 0.3 is 0 Å². The molecule has 1 aliphatic heterocycles. The highest BCUT2D eigenvalue weighted by Crippen LogP contribution is 2.28. The second kappa shape index (κ2) is 2.32. The summed E-state index contributed by atoms with van der Waals surface area (Å²) in [6.07, 6.45) is 8.67. The number of fused-ring (bicyclic) bond motifs is 3. The topological polar surface area (TPSA) is 50.3 Å². The lowest BCUT2D eigenvalue weighted by Gasteiger charge is -2.21. The number of aromatic nitrogens is 2. The molecule has 1 aliphatic carbocycles. The lowest BCUT2D eigenvalue weighted by molar-refractivity contribution is 0.198. The maximum Gasteiger partial charge on any atom is 0.181 e. The molecule has 1 N–H and O–H groups in total. The summed E-state index contributed by atoms with van der Waals surface area (Å²) in [4.78, 5) is 11.4. The summed E-state index contributed by atoms with van der Waals surface area (Å²) < 4.78 is 5.43. The molecule has 3 rings (SSSR count). The van der Waals surface area contributed by atoms with E-state index in [0.717, 1.165) is 17.1 Å². The minimum atomic E-state index is -0.104. The fourth-order valence-electron chi connectivity index (χ4n) is 1.54. The fraction of sp³-hybridized carbons (Fsp3) is 0.111. The first-order valence-electron chi connectivity index (χ1n) is 4.05. The Hall–Kier alpha value is -1.84. The van der Waals surface area contributed by atoms with E-state index in [9.17, 15) is 0 Å². The van der Waals surface area contributed by atoms with Gasteiger partial charge in [0.15, 0.2) is 6.10 Å². The standard InChI is InChI=1S/C9H7N3O/c1-2-7-9(13-4-3-10-7)8-6(1)11-5-12-8/h1-5,9H,(H,11,12). The number of H-pyrrole nitrogens is 1. The van der Waals surface area contributed by atoms with Crippen molar-refractivity contribution >= 4 is 11.8 Å². The predicted molar refractivity (Wildman–Crippen MR) is 48.0 cm³/mol. The summed E-state index contributed by atoms with van der Waals surface area (Å²) >= 11 is 0. The molecular weight excluding hydrogens is 166 g/mol. The highest BCUT2D eigenvalue weighted by atomic mass is 16.5. The molecule has 4 nitrogen and oxygen atoms in total. The van der Waals surface area contributed by atoms with Crippen LogP contribution in [0.4, 0.5) is 0 Å². The van der Waals surface area contributed by atoms with Gasteiger partial charge in [0.05, 0.1) is 29.6 Å². The number of ether oxygens (including phenoxy) is 1. The van der Waals surface area contributed by atoms with Gasteiger partial charge in [0, 0.05) is 0 Å². The van der Waals surface area contributed by atoms with Crippen LogP contribution in [0.1, 0.15) is 17.5 Å². The average Bonchev–Trinajstić information content (AvgIpc) is 2.65. The number of nitrogens with one attached hydrogen (secondary N) is 1. The first-order chi connectivity index (χ1) is 6.45. The zero-order valence-corrected chi connectivity index (χ0v) is 6.77. The molecule has 0 saturated heterocycles. The molecule has 1 unspecified atom stereocenters. The Labute approximate surface area is 74.7 Å². The minimum absolute atomic E-state index is 0.104. The van der Waals surface area contributed by atoms with E-state index in [-0.39, 0.29) is 6.10 Å². The van der Waals surface area contributed by atoms with Gasteiger partial charge in [-0.15, -0.1) is 0 Å². The van der Waals surface area contributed by atoms with Gasteiger partial charge in [0.2, 0.25) is 0 Å². The van der Waals surface area contributed by atoms with E-state index in [0.29, 0.717) is 0 Å². The first kappa shape index (κ1) is 6.65. The molecule has 2 aliphatic rings. The second-order valence-electron chi connectivity index (χ2n) is 2.89. The van der Waals surface area contributed by atoms with Crippen LogP contribution in [0.25, 0.3) is 6.08 Å². The molecule has 64 valence electrons. The van der Waals surface area contributed by atoms with Crippen molar-refractivity contribution in [2.24, 2.45) is 4.99 Å². The predicted octanol–water partition coefficient (Wildman–Crippen LogP) is 1.42. The Morgan fingerprint density at radius 1 is 1.38 bits per heavy atom. The Bertz CT molecular complexity index is 428. The van der Waals surface area contributed by atoms with Crippen LogP contribution in [-0.2, 0) is 4.74 Å². The van der Waals surface area contributed by atoms with E-state index in [2.05, 4.69) is 15.0 Å². The van der Waals surface area contributed by atoms with Gasteiger partial charge in [-0.25, -0.2) is 4.98 Å². The minimum Gasteiger partial charge on any atom is -0.484 e. The third-order valence-corrected chi connectivity index (χ3v) is 2.14. The van der Waals surface area contributed by atoms with Crippen LogP contribution in [0.5, 0.6) is 0 Å². The molecule has 13 heavy (non-hydrogen) atoms. The number of rotatable bonds is 0. The van der Waals surface area contributed by atoms with Crippen LogP contribution in [-0.4, -0.2) is 15.7 Å². The van der Waals surface area contributed by atoms with Gasteiger partial charge in [-0.3, -0.25) is 4.99 Å². The van der Waals surface area contributed by atoms with E-state index in [4.69, 9.17) is 4.74 Å². The Balaban J connectivity index is 2.17. The van der Waals surface area contributed by atoms with Crippen molar-refractivity contribution in [2.45, 2.75) is 6.10 Å². The Kier molecular flexibility index (Phi) is 1.19. The first-order valence-corrected chi connectivity index (χ1v) is 4.05. The molecule has 0 bridgehead atoms. The van der Waals surface area contributed by atoms with Crippen LogP contribution in [0, 0.1) is 0 Å². The van der Waals surface area contributed by atoms with Gasteiger partial charge in [0.25, 0.3) is 0 Å². The molecule has 0 aromatic carbocycles. The van der Waals surface area contributed by atoms with Crippen molar-refractivity contribution in [1.82, 2.24) is 9.97 Å². The zero-order chi connectivity index (χ0) is 8.67. The molecule has 1 atom stereocenters. The monoisotopic (exact) mass is 173 g/mol. The number of aromatic amines is 1. The van der Waals surface area contributed by atoms with Crippen LogP contribution in [0.15, 0.2) is 29.9 Å². The summed E-state index contributed by atoms with van der Waals surface area (Å²) in [5, 5.41) is 0. The third-order valence-electron chi connectivity index (χ3n) is 2.14. The van der Waals surface area contributed by atoms with Crippen molar-refractivity contribution in [3.05, 3.63) is 36.3 Å². The highest BCUT2D eigenvalue weighted by molar-refractivity contribution is 6.04. The maximum absolute atomic E-state index is 5.43. The Morgan fingerprint density at radius 2 is 2.38 bits per heavy atom. The highest BCUT2D eigenvalue weighted by Gasteiger charge is 2.26. The molecule has 0 spiro atoms. The number of aliphatic imine (C=N–C) groups is 1. The van der Waals surface area contributed by atoms with Gasteiger partial charge in [-0.1, -0.05) is 0 Å². The average molecular weight is 173 g/mol. The molecule has 0 radical (unpaired) electrons. The van der Waals surface area contributed by atoms with Crippen molar-refractivity contribution < 1.29 is 4.74 Å². The number of hydrogen-bond acceptors (Lipinski definition) is 3. The fourth-order valence-corrected chi connectivity index (χ4v) is 1.54. The van der Waals surface area contributed by atoms with E-state index >= 15 is 0 Å². The molecule has 2 heterocycles. The summed E-state index contributed by atoms with van der Waals surface area (Å²) in [6.45, 7) is 0.